The molecule has 1 aliphatic rings. The molecule has 0 bridgehead atoms. The number of hydrogen-bond acceptors (Lipinski definition) is 3. The Morgan fingerprint density at radius 2 is 2.04 bits per heavy atom. The van der Waals surface area contributed by atoms with Crippen molar-refractivity contribution in [2.45, 2.75) is 19.4 Å². The smallest absolute Gasteiger partial charge is 0.410 e. The van der Waals surface area contributed by atoms with E-state index in [1.165, 1.54) is 17.2 Å². The van der Waals surface area contributed by atoms with Crippen LogP contribution < -0.4 is 0 Å². The second-order valence-electron chi connectivity index (χ2n) is 5.70. The van der Waals surface area contributed by atoms with Crippen LogP contribution in [0.2, 0.25) is 0 Å². The van der Waals surface area contributed by atoms with E-state index in [0.717, 1.165) is 17.7 Å². The summed E-state index contributed by atoms with van der Waals surface area (Å²) < 4.78 is 45.5. The number of benzene rings is 1. The average Bonchev–Trinajstić information content (AvgIpc) is 2.92. The summed E-state index contributed by atoms with van der Waals surface area (Å²) in [7, 11) is 0. The third kappa shape index (κ3) is 3.34. The van der Waals surface area contributed by atoms with Crippen LogP contribution in [0.3, 0.4) is 0 Å². The first-order valence-electron chi connectivity index (χ1n) is 7.38. The predicted molar refractivity (Wildman–Crippen MR) is 81.0 cm³/mol. The third-order valence-electron chi connectivity index (χ3n) is 3.79. The van der Waals surface area contributed by atoms with E-state index in [1.807, 2.05) is 0 Å². The van der Waals surface area contributed by atoms with Gasteiger partial charge in [0.25, 0.3) is 5.92 Å². The molecule has 0 aliphatic carbocycles. The molecule has 0 spiro atoms. The zero-order valence-electron chi connectivity index (χ0n) is 12.9. The van der Waals surface area contributed by atoms with Gasteiger partial charge in [-0.25, -0.2) is 18.0 Å². The van der Waals surface area contributed by atoms with Gasteiger partial charge >= 0.3 is 6.09 Å². The molecule has 0 radical (unpaired) electrons. The highest BCUT2D eigenvalue weighted by atomic mass is 19.3. The van der Waals surface area contributed by atoms with Gasteiger partial charge in [-0.2, -0.15) is 0 Å². The second kappa shape index (κ2) is 6.14. The molecule has 0 atom stereocenters. The van der Waals surface area contributed by atoms with Crippen molar-refractivity contribution in [1.82, 2.24) is 9.88 Å². The molecule has 1 aromatic carbocycles. The second-order valence-corrected chi connectivity index (χ2v) is 5.70. The average molecular weight is 336 g/mol. The van der Waals surface area contributed by atoms with E-state index >= 15 is 0 Å². The number of carbonyl (C=O) groups excluding carboxylic acids is 1. The SMILES string of the molecule is CC(F)(F)c1cc(-c2cncc(CN3CCOC3=O)c2)ccc1F. The number of carbonyl (C=O) groups is 1. The molecule has 24 heavy (non-hydrogen) atoms. The van der Waals surface area contributed by atoms with Crippen molar-refractivity contribution in [3.8, 4) is 11.1 Å². The summed E-state index contributed by atoms with van der Waals surface area (Å²) in [4.78, 5) is 17.1. The maximum Gasteiger partial charge on any atom is 0.410 e. The zero-order valence-corrected chi connectivity index (χ0v) is 12.9. The van der Waals surface area contributed by atoms with Gasteiger partial charge in [0, 0.05) is 24.9 Å². The Morgan fingerprint density at radius 1 is 1.25 bits per heavy atom. The quantitative estimate of drug-likeness (QED) is 0.849. The van der Waals surface area contributed by atoms with Gasteiger partial charge in [0.15, 0.2) is 0 Å². The minimum Gasteiger partial charge on any atom is -0.448 e. The van der Waals surface area contributed by atoms with Crippen molar-refractivity contribution in [1.29, 1.82) is 0 Å². The molecule has 2 heterocycles. The van der Waals surface area contributed by atoms with Crippen molar-refractivity contribution >= 4 is 6.09 Å². The number of nitrogens with zero attached hydrogens (tertiary/aromatic N) is 2. The number of aromatic nitrogens is 1. The van der Waals surface area contributed by atoms with Crippen LogP contribution in [0, 0.1) is 5.82 Å². The summed E-state index contributed by atoms with van der Waals surface area (Å²) in [5, 5.41) is 0. The Hall–Kier alpha value is -2.57. The van der Waals surface area contributed by atoms with Crippen molar-refractivity contribution in [2.75, 3.05) is 13.2 Å². The van der Waals surface area contributed by atoms with Gasteiger partial charge in [0.2, 0.25) is 0 Å². The van der Waals surface area contributed by atoms with Crippen molar-refractivity contribution in [3.63, 3.8) is 0 Å². The van der Waals surface area contributed by atoms with E-state index < -0.39 is 23.4 Å². The summed E-state index contributed by atoms with van der Waals surface area (Å²) >= 11 is 0. The predicted octanol–water partition coefficient (Wildman–Crippen LogP) is 3.95. The molecule has 1 aliphatic heterocycles. The number of hydrogen-bond donors (Lipinski definition) is 0. The minimum absolute atomic E-state index is 0.317. The van der Waals surface area contributed by atoms with Gasteiger partial charge in [-0.3, -0.25) is 4.98 Å². The minimum atomic E-state index is -3.27. The van der Waals surface area contributed by atoms with E-state index in [2.05, 4.69) is 4.98 Å². The highest BCUT2D eigenvalue weighted by molar-refractivity contribution is 5.69. The fourth-order valence-electron chi connectivity index (χ4n) is 2.56. The van der Waals surface area contributed by atoms with Crippen LogP contribution in [-0.2, 0) is 17.2 Å². The van der Waals surface area contributed by atoms with Gasteiger partial charge in [-0.15, -0.1) is 0 Å². The first-order valence-corrected chi connectivity index (χ1v) is 7.38. The van der Waals surface area contributed by atoms with E-state index in [0.29, 0.717) is 37.7 Å². The number of ether oxygens (including phenoxy) is 1. The Balaban J connectivity index is 1.90. The Labute approximate surface area is 136 Å². The summed E-state index contributed by atoms with van der Waals surface area (Å²) in [6, 6.07) is 5.31. The summed E-state index contributed by atoms with van der Waals surface area (Å²) in [5.41, 5.74) is 1.09. The lowest BCUT2D eigenvalue weighted by atomic mass is 10.0. The lowest BCUT2D eigenvalue weighted by molar-refractivity contribution is 0.0138. The topological polar surface area (TPSA) is 42.4 Å². The summed E-state index contributed by atoms with van der Waals surface area (Å²) in [6.07, 6.45) is 2.71. The number of cyclic esters (lactones) is 1. The molecule has 1 fully saturated rings. The molecule has 1 saturated heterocycles. The monoisotopic (exact) mass is 336 g/mol. The lowest BCUT2D eigenvalue weighted by Gasteiger charge is -2.15. The molecule has 126 valence electrons. The van der Waals surface area contributed by atoms with Gasteiger partial charge in [-0.05, 0) is 29.3 Å². The normalized spacial score (nSPS) is 14.8. The molecule has 1 amide bonds. The Kier molecular flexibility index (Phi) is 4.17. The van der Waals surface area contributed by atoms with Gasteiger partial charge in [-0.1, -0.05) is 6.07 Å². The maximum atomic E-state index is 13.6. The van der Waals surface area contributed by atoms with Crippen molar-refractivity contribution < 1.29 is 22.7 Å². The summed E-state index contributed by atoms with van der Waals surface area (Å²) in [5.74, 6) is -4.22. The number of pyridine rings is 1. The lowest BCUT2D eigenvalue weighted by Crippen LogP contribution is -2.23. The molecule has 1 aromatic heterocycles. The fraction of sp³-hybridized carbons (Fsp3) is 0.294. The first-order chi connectivity index (χ1) is 11.3. The zero-order chi connectivity index (χ0) is 17.3. The van der Waals surface area contributed by atoms with Crippen LogP contribution in [0.4, 0.5) is 18.0 Å². The number of halogens is 3. The van der Waals surface area contributed by atoms with Crippen LogP contribution in [0.1, 0.15) is 18.1 Å². The molecule has 7 heteroatoms. The highest BCUT2D eigenvalue weighted by Gasteiger charge is 2.28. The van der Waals surface area contributed by atoms with Crippen LogP contribution in [0.15, 0.2) is 36.7 Å². The van der Waals surface area contributed by atoms with E-state index in [4.69, 9.17) is 4.74 Å². The van der Waals surface area contributed by atoms with Gasteiger partial charge in [0.05, 0.1) is 18.7 Å². The fourth-order valence-corrected chi connectivity index (χ4v) is 2.56. The Bertz CT molecular complexity index is 775. The molecule has 0 unspecified atom stereocenters. The van der Waals surface area contributed by atoms with Gasteiger partial charge in [0.1, 0.15) is 12.4 Å². The van der Waals surface area contributed by atoms with E-state index in [1.54, 1.807) is 12.3 Å². The largest absolute Gasteiger partial charge is 0.448 e. The van der Waals surface area contributed by atoms with E-state index in [9.17, 15) is 18.0 Å². The molecule has 2 aromatic rings. The number of alkyl halides is 2. The standard InChI is InChI=1S/C17H15F3N2O2/c1-17(19,20)14-7-12(2-3-15(14)18)13-6-11(8-21-9-13)10-22-4-5-24-16(22)23/h2-3,6-9H,4-5,10H2,1H3. The van der Waals surface area contributed by atoms with Gasteiger partial charge < -0.3 is 9.64 Å². The van der Waals surface area contributed by atoms with Crippen molar-refractivity contribution in [3.05, 3.63) is 53.6 Å². The highest BCUT2D eigenvalue weighted by Crippen LogP contribution is 2.32. The maximum absolute atomic E-state index is 13.6. The Morgan fingerprint density at radius 3 is 2.71 bits per heavy atom. The molecule has 4 nitrogen and oxygen atoms in total. The van der Waals surface area contributed by atoms with Crippen LogP contribution in [0.25, 0.3) is 11.1 Å². The molecular formula is C17H15F3N2O2. The van der Waals surface area contributed by atoms with Crippen LogP contribution in [-0.4, -0.2) is 29.1 Å². The molecular weight excluding hydrogens is 321 g/mol. The molecule has 3 rings (SSSR count). The summed E-state index contributed by atoms with van der Waals surface area (Å²) in [6.45, 7) is 1.81. The molecule has 0 saturated carbocycles. The number of rotatable bonds is 4. The number of amides is 1. The molecule has 0 N–H and O–H groups in total. The van der Waals surface area contributed by atoms with E-state index in [-0.39, 0.29) is 0 Å². The van der Waals surface area contributed by atoms with Crippen molar-refractivity contribution in [2.24, 2.45) is 0 Å². The first kappa shape index (κ1) is 16.3. The van der Waals surface area contributed by atoms with Crippen LogP contribution in [0.5, 0.6) is 0 Å². The van der Waals surface area contributed by atoms with Crippen LogP contribution >= 0.6 is 0 Å². The third-order valence-corrected chi connectivity index (χ3v) is 3.79.